The molecule has 5 heteroatoms. The summed E-state index contributed by atoms with van der Waals surface area (Å²) < 4.78 is 24.2. The average Bonchev–Trinajstić information content (AvgIpc) is 4.16. The van der Waals surface area contributed by atoms with Gasteiger partial charge in [0.1, 0.15) is 33.5 Å². The summed E-state index contributed by atoms with van der Waals surface area (Å²) in [5.74, 6) is 0. The van der Waals surface area contributed by atoms with Gasteiger partial charge in [0.25, 0.3) is 0 Å². The molecule has 5 nitrogen and oxygen atoms in total. The highest BCUT2D eigenvalue weighted by Crippen LogP contribution is 2.44. The van der Waals surface area contributed by atoms with E-state index in [4.69, 9.17) is 13.3 Å². The second kappa shape index (κ2) is 13.0. The van der Waals surface area contributed by atoms with Gasteiger partial charge in [-0.3, -0.25) is 0 Å². The maximum atomic E-state index is 6.51. The van der Waals surface area contributed by atoms with Crippen LogP contribution in [0.2, 0.25) is 0 Å². The van der Waals surface area contributed by atoms with Crippen molar-refractivity contribution in [1.29, 1.82) is 0 Å². The quantitative estimate of drug-likeness (QED) is 0.177. The Morgan fingerprint density at radius 1 is 0.338 bits per heavy atom. The number of benzene rings is 9. The van der Waals surface area contributed by atoms with Gasteiger partial charge in [-0.1, -0.05) is 103 Å². The van der Waals surface area contributed by atoms with E-state index >= 15 is 0 Å². The third-order valence-electron chi connectivity index (χ3n) is 14.0. The largest absolute Gasteiger partial charge is 0.456 e. The smallest absolute Gasteiger partial charge is 0.137 e. The first kappa shape index (κ1) is 35.0. The molecule has 1 aliphatic carbocycles. The van der Waals surface area contributed by atoms with E-state index in [0.29, 0.717) is 0 Å². The maximum absolute atomic E-state index is 6.51. The molecule has 15 rings (SSSR count). The fraction of sp³-hybridized carbons (Fsp3) is 0.0333. The lowest BCUT2D eigenvalue weighted by atomic mass is 9.98. The van der Waals surface area contributed by atoms with Gasteiger partial charge in [0.05, 0.1) is 22.6 Å². The number of furan rings is 3. The zero-order chi connectivity index (χ0) is 42.3. The Hall–Kier alpha value is -8.54. The number of rotatable bonds is 4. The minimum atomic E-state index is 0.214. The summed E-state index contributed by atoms with van der Waals surface area (Å²) in [6.45, 7) is 0. The van der Waals surface area contributed by atoms with Gasteiger partial charge in [0.15, 0.2) is 0 Å². The van der Waals surface area contributed by atoms with Crippen molar-refractivity contribution in [3.63, 3.8) is 0 Å². The average molecular weight is 833 g/mol. The first-order chi connectivity index (χ1) is 32.2. The molecule has 0 saturated carbocycles. The molecule has 1 atom stereocenters. The highest BCUT2D eigenvalue weighted by Gasteiger charge is 2.22. The van der Waals surface area contributed by atoms with E-state index in [1.54, 1.807) is 0 Å². The lowest BCUT2D eigenvalue weighted by Crippen LogP contribution is -2.06. The number of aromatic nitrogens is 2. The molecule has 304 valence electrons. The molecular formula is C60H36N2O3. The Morgan fingerprint density at radius 3 is 1.45 bits per heavy atom. The molecule has 0 bridgehead atoms. The van der Waals surface area contributed by atoms with Crippen molar-refractivity contribution < 1.29 is 13.3 Å². The molecule has 65 heavy (non-hydrogen) atoms. The SMILES string of the molecule is C1=CCC(n2c3ccc(-c4ccc5oc6ccc(-c7ccc8c(c7)c7cc9c(cc7n8-c7ccccc7)oc7ccccc79)cc6c5c4)cc3c3cc4c(cc32)oc2ccccc24)C=C1. The van der Waals surface area contributed by atoms with Crippen molar-refractivity contribution in [2.75, 3.05) is 0 Å². The highest BCUT2D eigenvalue weighted by atomic mass is 16.3. The molecule has 9 aromatic carbocycles. The van der Waals surface area contributed by atoms with Crippen molar-refractivity contribution in [3.05, 3.63) is 200 Å². The van der Waals surface area contributed by atoms with E-state index < -0.39 is 0 Å². The van der Waals surface area contributed by atoms with Crippen molar-refractivity contribution in [1.82, 2.24) is 9.13 Å². The van der Waals surface area contributed by atoms with Crippen LogP contribution in [0.3, 0.4) is 0 Å². The van der Waals surface area contributed by atoms with Gasteiger partial charge in [0, 0.05) is 77.2 Å². The molecule has 0 saturated heterocycles. The van der Waals surface area contributed by atoms with Crippen LogP contribution in [0.25, 0.3) is 137 Å². The Labute approximate surface area is 370 Å². The van der Waals surface area contributed by atoms with Gasteiger partial charge in [-0.25, -0.2) is 0 Å². The van der Waals surface area contributed by atoms with Crippen LogP contribution >= 0.6 is 0 Å². The molecule has 0 radical (unpaired) electrons. The molecule has 0 N–H and O–H groups in total. The Bertz CT molecular complexity index is 4390. The molecule has 1 aliphatic rings. The van der Waals surface area contributed by atoms with E-state index in [-0.39, 0.29) is 6.04 Å². The van der Waals surface area contributed by atoms with Crippen LogP contribution in [0.4, 0.5) is 0 Å². The van der Waals surface area contributed by atoms with Crippen LogP contribution in [-0.2, 0) is 0 Å². The maximum Gasteiger partial charge on any atom is 0.137 e. The van der Waals surface area contributed by atoms with Gasteiger partial charge >= 0.3 is 0 Å². The number of fused-ring (bicyclic) bond motifs is 15. The summed E-state index contributed by atoms with van der Waals surface area (Å²) in [5, 5.41) is 11.6. The first-order valence-electron chi connectivity index (χ1n) is 22.3. The van der Waals surface area contributed by atoms with Crippen molar-refractivity contribution in [2.24, 2.45) is 0 Å². The fourth-order valence-electron chi connectivity index (χ4n) is 11.0. The number of hydrogen-bond donors (Lipinski definition) is 0. The van der Waals surface area contributed by atoms with Crippen molar-refractivity contribution in [3.8, 4) is 27.9 Å². The van der Waals surface area contributed by atoms with E-state index in [1.165, 1.54) is 38.1 Å². The topological polar surface area (TPSA) is 49.3 Å². The summed E-state index contributed by atoms with van der Waals surface area (Å²) in [7, 11) is 0. The van der Waals surface area contributed by atoms with E-state index in [0.717, 1.165) is 106 Å². The van der Waals surface area contributed by atoms with Gasteiger partial charge in [-0.15, -0.1) is 0 Å². The standard InChI is InChI=1S/C60H36N2O3/c1-3-11-39(12-4-1)61-51-23-19-35(27-43(51)45-31-49-41-15-7-9-17-55(41)64-59(49)33-53(45)61)37-21-25-57-47(29-37)48-30-38(22-26-58(48)63-57)36-20-24-52-44(28-36)46-32-50-42-16-8-10-18-56(42)65-60(50)34-54(46)62(52)40-13-5-2-6-14-40/h1-13,15-34,40H,14H2. The highest BCUT2D eigenvalue weighted by molar-refractivity contribution is 6.19. The number of para-hydroxylation sites is 3. The zero-order valence-corrected chi connectivity index (χ0v) is 35.0. The van der Waals surface area contributed by atoms with Crippen LogP contribution in [0.15, 0.2) is 213 Å². The Morgan fingerprint density at radius 2 is 0.815 bits per heavy atom. The van der Waals surface area contributed by atoms with E-state index in [9.17, 15) is 0 Å². The minimum absolute atomic E-state index is 0.214. The predicted octanol–water partition coefficient (Wildman–Crippen LogP) is 17.0. The summed E-state index contributed by atoms with van der Waals surface area (Å²) in [6.07, 6.45) is 9.82. The van der Waals surface area contributed by atoms with Gasteiger partial charge in [-0.2, -0.15) is 0 Å². The van der Waals surface area contributed by atoms with Crippen molar-refractivity contribution in [2.45, 2.75) is 12.5 Å². The van der Waals surface area contributed by atoms with Gasteiger partial charge < -0.3 is 22.4 Å². The van der Waals surface area contributed by atoms with Crippen LogP contribution in [-0.4, -0.2) is 9.13 Å². The molecule has 5 aromatic heterocycles. The third kappa shape index (κ3) is 5.03. The number of hydrogen-bond acceptors (Lipinski definition) is 3. The first-order valence-corrected chi connectivity index (χ1v) is 22.3. The van der Waals surface area contributed by atoms with E-state index in [2.05, 4.69) is 191 Å². The summed E-state index contributed by atoms with van der Waals surface area (Å²) >= 11 is 0. The predicted molar refractivity (Wildman–Crippen MR) is 268 cm³/mol. The summed E-state index contributed by atoms with van der Waals surface area (Å²) in [5.41, 5.74) is 15.8. The second-order valence-corrected chi connectivity index (χ2v) is 17.6. The third-order valence-corrected chi connectivity index (χ3v) is 14.0. The molecule has 0 fully saturated rings. The minimum Gasteiger partial charge on any atom is -0.456 e. The van der Waals surface area contributed by atoms with Crippen LogP contribution < -0.4 is 0 Å². The van der Waals surface area contributed by atoms with E-state index in [1.807, 2.05) is 18.2 Å². The Kier molecular flexibility index (Phi) is 7.00. The molecule has 14 aromatic rings. The number of allylic oxidation sites excluding steroid dienone is 4. The lowest BCUT2D eigenvalue weighted by Gasteiger charge is -2.18. The molecule has 5 heterocycles. The Balaban J connectivity index is 0.887. The van der Waals surface area contributed by atoms with Gasteiger partial charge in [0.2, 0.25) is 0 Å². The molecular weight excluding hydrogens is 797 g/mol. The van der Waals surface area contributed by atoms with Crippen LogP contribution in [0, 0.1) is 0 Å². The summed E-state index contributed by atoms with van der Waals surface area (Å²) in [4.78, 5) is 0. The zero-order valence-electron chi connectivity index (χ0n) is 35.0. The molecule has 0 amide bonds. The number of nitrogens with zero attached hydrogens (tertiary/aromatic N) is 2. The van der Waals surface area contributed by atoms with Crippen molar-refractivity contribution >= 4 is 109 Å². The second-order valence-electron chi connectivity index (χ2n) is 17.6. The molecule has 1 unspecified atom stereocenters. The van der Waals surface area contributed by atoms with Crippen LogP contribution in [0.1, 0.15) is 12.5 Å². The normalized spacial score (nSPS) is 14.4. The lowest BCUT2D eigenvalue weighted by molar-refractivity contribution is 0.645. The fourth-order valence-corrected chi connectivity index (χ4v) is 11.0. The van der Waals surface area contributed by atoms with Gasteiger partial charge in [-0.05, 0) is 114 Å². The van der Waals surface area contributed by atoms with Crippen LogP contribution in [0.5, 0.6) is 0 Å². The monoisotopic (exact) mass is 832 g/mol. The molecule has 0 aliphatic heterocycles. The molecule has 0 spiro atoms. The summed E-state index contributed by atoms with van der Waals surface area (Å²) in [6, 6.07) is 63.6.